The highest BCUT2D eigenvalue weighted by molar-refractivity contribution is 5.64. The first-order valence-corrected chi connectivity index (χ1v) is 8.53. The first-order chi connectivity index (χ1) is 12.2. The van der Waals surface area contributed by atoms with Gasteiger partial charge in [-0.2, -0.15) is 0 Å². The van der Waals surface area contributed by atoms with Crippen molar-refractivity contribution >= 4 is 0 Å². The molecule has 1 aromatic heterocycles. The minimum absolute atomic E-state index is 0.496. The van der Waals surface area contributed by atoms with Gasteiger partial charge in [-0.15, -0.1) is 0 Å². The topological polar surface area (TPSA) is 31.4 Å². The average molecular weight is 333 g/mol. The van der Waals surface area contributed by atoms with Crippen LogP contribution in [0.4, 0.5) is 0 Å². The lowest BCUT2D eigenvalue weighted by molar-refractivity contribution is 0.303. The molecular weight excluding hydrogens is 310 g/mol. The molecule has 0 N–H and O–H groups in total. The lowest BCUT2D eigenvalue weighted by atomic mass is 10.1. The number of aromatic nitrogens is 1. The molecule has 0 aliphatic heterocycles. The van der Waals surface area contributed by atoms with Crippen LogP contribution < -0.4 is 9.47 Å². The van der Waals surface area contributed by atoms with E-state index < -0.39 is 0 Å². The highest BCUT2D eigenvalue weighted by Gasteiger charge is 2.05. The quantitative estimate of drug-likeness (QED) is 0.610. The third-order valence-electron chi connectivity index (χ3n) is 4.22. The van der Waals surface area contributed by atoms with Crippen LogP contribution in [0.3, 0.4) is 0 Å². The van der Waals surface area contributed by atoms with E-state index in [4.69, 9.17) is 9.47 Å². The summed E-state index contributed by atoms with van der Waals surface area (Å²) in [5.74, 6) is 1.79. The Balaban J connectivity index is 1.77. The van der Waals surface area contributed by atoms with Gasteiger partial charge in [-0.25, -0.2) is 0 Å². The second-order valence-electron chi connectivity index (χ2n) is 6.03. The Hall–Kier alpha value is -2.81. The highest BCUT2D eigenvalue weighted by Crippen LogP contribution is 2.25. The van der Waals surface area contributed by atoms with Gasteiger partial charge in [0.2, 0.25) is 0 Å². The van der Waals surface area contributed by atoms with Gasteiger partial charge in [0.05, 0.1) is 6.61 Å². The van der Waals surface area contributed by atoms with E-state index in [1.165, 1.54) is 11.1 Å². The number of hydrogen-bond donors (Lipinski definition) is 0. The number of pyridine rings is 1. The third-order valence-corrected chi connectivity index (χ3v) is 4.22. The molecule has 0 amide bonds. The summed E-state index contributed by atoms with van der Waals surface area (Å²) in [7, 11) is 0. The Labute approximate surface area is 149 Å². The van der Waals surface area contributed by atoms with E-state index in [2.05, 4.69) is 37.0 Å². The first-order valence-electron chi connectivity index (χ1n) is 8.53. The summed E-state index contributed by atoms with van der Waals surface area (Å²) in [5.41, 5.74) is 5.60. The number of nitrogens with zero attached hydrogens (tertiary/aromatic N) is 1. The maximum Gasteiger partial charge on any atom is 0.122 e. The fraction of sp³-hybridized carbons (Fsp3) is 0.227. The van der Waals surface area contributed by atoms with Crippen LogP contribution in [0.25, 0.3) is 11.1 Å². The van der Waals surface area contributed by atoms with E-state index in [0.29, 0.717) is 13.2 Å². The summed E-state index contributed by atoms with van der Waals surface area (Å²) in [6.45, 7) is 7.31. The molecule has 0 saturated heterocycles. The van der Waals surface area contributed by atoms with E-state index in [1.54, 1.807) is 0 Å². The predicted molar refractivity (Wildman–Crippen MR) is 101 cm³/mol. The molecule has 3 aromatic rings. The standard InChI is InChI=1S/C22H23NO2/c1-4-24-21-9-6-8-19(12-21)20-11-18(13-23-14-20)15-25-22-10-5-7-16(2)17(22)3/h5-14H,4,15H2,1-3H3. The smallest absolute Gasteiger partial charge is 0.122 e. The molecule has 1 heterocycles. The van der Waals surface area contributed by atoms with Crippen LogP contribution in [0.2, 0.25) is 0 Å². The molecule has 0 saturated carbocycles. The van der Waals surface area contributed by atoms with Crippen molar-refractivity contribution in [2.24, 2.45) is 0 Å². The van der Waals surface area contributed by atoms with Crippen molar-refractivity contribution in [1.82, 2.24) is 4.98 Å². The monoisotopic (exact) mass is 333 g/mol. The van der Waals surface area contributed by atoms with Gasteiger partial charge >= 0.3 is 0 Å². The van der Waals surface area contributed by atoms with Gasteiger partial charge in [-0.3, -0.25) is 4.98 Å². The molecule has 0 aliphatic rings. The van der Waals surface area contributed by atoms with Crippen LogP contribution in [0.1, 0.15) is 23.6 Å². The van der Waals surface area contributed by atoms with Gasteiger partial charge in [-0.05, 0) is 61.7 Å². The van der Waals surface area contributed by atoms with Crippen molar-refractivity contribution in [2.45, 2.75) is 27.4 Å². The van der Waals surface area contributed by atoms with Crippen molar-refractivity contribution in [1.29, 1.82) is 0 Å². The summed E-state index contributed by atoms with van der Waals surface area (Å²) in [6.07, 6.45) is 3.72. The van der Waals surface area contributed by atoms with Crippen LogP contribution in [-0.4, -0.2) is 11.6 Å². The van der Waals surface area contributed by atoms with E-state index in [0.717, 1.165) is 28.2 Å². The molecule has 0 unspecified atom stereocenters. The maximum atomic E-state index is 5.99. The summed E-state index contributed by atoms with van der Waals surface area (Å²) in [5, 5.41) is 0. The molecular formula is C22H23NO2. The number of ether oxygens (including phenoxy) is 2. The summed E-state index contributed by atoms with van der Waals surface area (Å²) in [4.78, 5) is 4.37. The van der Waals surface area contributed by atoms with Gasteiger partial charge in [0.1, 0.15) is 18.1 Å². The minimum atomic E-state index is 0.496. The fourth-order valence-electron chi connectivity index (χ4n) is 2.70. The van der Waals surface area contributed by atoms with Crippen molar-refractivity contribution in [2.75, 3.05) is 6.61 Å². The Bertz CT molecular complexity index is 858. The summed E-state index contributed by atoms with van der Waals surface area (Å²) >= 11 is 0. The normalized spacial score (nSPS) is 10.5. The van der Waals surface area contributed by atoms with Crippen LogP contribution >= 0.6 is 0 Å². The van der Waals surface area contributed by atoms with Crippen LogP contribution in [0.5, 0.6) is 11.5 Å². The first kappa shape index (κ1) is 17.0. The molecule has 0 fully saturated rings. The number of hydrogen-bond acceptors (Lipinski definition) is 3. The zero-order chi connectivity index (χ0) is 17.6. The van der Waals surface area contributed by atoms with Gasteiger partial charge in [0.25, 0.3) is 0 Å². The molecule has 3 rings (SSSR count). The SMILES string of the molecule is CCOc1cccc(-c2cncc(COc3cccc(C)c3C)c2)c1. The average Bonchev–Trinajstić information content (AvgIpc) is 2.64. The number of benzene rings is 2. The fourth-order valence-corrected chi connectivity index (χ4v) is 2.70. The molecule has 2 aromatic carbocycles. The van der Waals surface area contributed by atoms with Crippen LogP contribution in [0.15, 0.2) is 60.9 Å². The lowest BCUT2D eigenvalue weighted by Gasteiger charge is -2.12. The van der Waals surface area contributed by atoms with Gasteiger partial charge in [0.15, 0.2) is 0 Å². The Morgan fingerprint density at radius 2 is 1.72 bits per heavy atom. The second kappa shape index (κ2) is 7.84. The molecule has 128 valence electrons. The van der Waals surface area contributed by atoms with E-state index in [9.17, 15) is 0 Å². The van der Waals surface area contributed by atoms with Crippen molar-refractivity contribution in [3.8, 4) is 22.6 Å². The Morgan fingerprint density at radius 1 is 0.880 bits per heavy atom. The zero-order valence-electron chi connectivity index (χ0n) is 15.0. The van der Waals surface area contributed by atoms with E-state index >= 15 is 0 Å². The minimum Gasteiger partial charge on any atom is -0.494 e. The van der Waals surface area contributed by atoms with Crippen molar-refractivity contribution in [3.63, 3.8) is 0 Å². The number of rotatable bonds is 6. The van der Waals surface area contributed by atoms with Gasteiger partial charge < -0.3 is 9.47 Å². The van der Waals surface area contributed by atoms with Crippen molar-refractivity contribution < 1.29 is 9.47 Å². The van der Waals surface area contributed by atoms with E-state index in [1.807, 2.05) is 49.6 Å². The lowest BCUT2D eigenvalue weighted by Crippen LogP contribution is -1.99. The molecule has 0 atom stereocenters. The second-order valence-corrected chi connectivity index (χ2v) is 6.03. The van der Waals surface area contributed by atoms with Gasteiger partial charge in [-0.1, -0.05) is 24.3 Å². The Morgan fingerprint density at radius 3 is 2.56 bits per heavy atom. The molecule has 25 heavy (non-hydrogen) atoms. The zero-order valence-corrected chi connectivity index (χ0v) is 15.0. The predicted octanol–water partition coefficient (Wildman–Crippen LogP) is 5.34. The van der Waals surface area contributed by atoms with E-state index in [-0.39, 0.29) is 0 Å². The summed E-state index contributed by atoms with van der Waals surface area (Å²) < 4.78 is 11.6. The van der Waals surface area contributed by atoms with Crippen LogP contribution in [-0.2, 0) is 6.61 Å². The van der Waals surface area contributed by atoms with Crippen LogP contribution in [0, 0.1) is 13.8 Å². The molecule has 3 heteroatoms. The molecule has 0 aliphatic carbocycles. The molecule has 3 nitrogen and oxygen atoms in total. The summed E-state index contributed by atoms with van der Waals surface area (Å²) in [6, 6.07) is 16.3. The van der Waals surface area contributed by atoms with Crippen molar-refractivity contribution in [3.05, 3.63) is 77.6 Å². The molecule has 0 radical (unpaired) electrons. The largest absolute Gasteiger partial charge is 0.494 e. The number of aryl methyl sites for hydroxylation is 1. The molecule has 0 spiro atoms. The highest BCUT2D eigenvalue weighted by atomic mass is 16.5. The van der Waals surface area contributed by atoms with Gasteiger partial charge in [0, 0.05) is 23.5 Å². The Kier molecular flexibility index (Phi) is 5.34. The molecule has 0 bridgehead atoms. The maximum absolute atomic E-state index is 5.99. The third kappa shape index (κ3) is 4.18.